The van der Waals surface area contributed by atoms with Crippen molar-refractivity contribution in [3.8, 4) is 0 Å². The normalized spacial score (nSPS) is 15.2. The van der Waals surface area contributed by atoms with Crippen LogP contribution in [0.1, 0.15) is 37.9 Å². The summed E-state index contributed by atoms with van der Waals surface area (Å²) < 4.78 is 6.08. The van der Waals surface area contributed by atoms with Crippen molar-refractivity contribution in [3.05, 3.63) is 54.1 Å². The van der Waals surface area contributed by atoms with Crippen LogP contribution in [0.5, 0.6) is 0 Å². The first-order valence-corrected chi connectivity index (χ1v) is 13.9. The Bertz CT molecular complexity index is 960. The maximum absolute atomic E-state index is 13.2. The van der Waals surface area contributed by atoms with E-state index in [9.17, 15) is 19.5 Å². The number of nitrogens with one attached hydrogen (secondary N) is 3. The molecule has 0 aliphatic heterocycles. The lowest BCUT2D eigenvalue weighted by Gasteiger charge is -2.28. The number of hydrogen-bond donors (Lipinski definition) is 5. The highest BCUT2D eigenvalue weighted by molar-refractivity contribution is 7.98. The van der Waals surface area contributed by atoms with Crippen molar-refractivity contribution in [1.82, 2.24) is 20.6 Å². The lowest BCUT2D eigenvalue weighted by molar-refractivity contribution is -0.144. The van der Waals surface area contributed by atoms with E-state index >= 15 is 0 Å². The highest BCUT2D eigenvalue weighted by atomic mass is 32.2. The van der Waals surface area contributed by atoms with Gasteiger partial charge in [0.25, 0.3) is 0 Å². The average Bonchev–Trinajstić information content (AvgIpc) is 3.40. The molecule has 0 radical (unpaired) electrons. The van der Waals surface area contributed by atoms with E-state index < -0.39 is 30.1 Å². The number of aromatic nitrogens is 2. The lowest BCUT2D eigenvalue weighted by atomic mass is 9.99. The van der Waals surface area contributed by atoms with Crippen LogP contribution >= 0.6 is 11.8 Å². The summed E-state index contributed by atoms with van der Waals surface area (Å²) in [6, 6.07) is 7.20. The second kappa shape index (κ2) is 16.1. The number of hydrogen-bond acceptors (Lipinski definition) is 7. The molecule has 204 valence electrons. The predicted molar refractivity (Wildman–Crippen MR) is 144 cm³/mol. The third-order valence-electron chi connectivity index (χ3n) is 6.24. The van der Waals surface area contributed by atoms with Gasteiger partial charge in [0.2, 0.25) is 11.8 Å². The van der Waals surface area contributed by atoms with E-state index in [-0.39, 0.29) is 37.3 Å². The number of thioether (sulfide) groups is 1. The number of nitrogens with two attached hydrogens (primary N) is 1. The molecule has 6 N–H and O–H groups in total. The maximum atomic E-state index is 13.2. The molecule has 0 aliphatic carbocycles. The number of imidazole rings is 1. The van der Waals surface area contributed by atoms with Crippen molar-refractivity contribution in [3.63, 3.8) is 0 Å². The number of amides is 2. The van der Waals surface area contributed by atoms with Gasteiger partial charge in [-0.25, -0.2) is 9.78 Å². The molecule has 0 saturated carbocycles. The molecular formula is C26H39N5O5S. The molecule has 37 heavy (non-hydrogen) atoms. The Morgan fingerprint density at radius 2 is 1.89 bits per heavy atom. The molecule has 0 aliphatic rings. The first kappa shape index (κ1) is 30.3. The third-order valence-corrected chi connectivity index (χ3v) is 6.88. The van der Waals surface area contributed by atoms with E-state index in [1.165, 1.54) is 18.1 Å². The van der Waals surface area contributed by atoms with Gasteiger partial charge in [-0.15, -0.1) is 0 Å². The Morgan fingerprint density at radius 3 is 2.49 bits per heavy atom. The summed E-state index contributed by atoms with van der Waals surface area (Å²) in [5, 5.41) is 15.2. The van der Waals surface area contributed by atoms with Gasteiger partial charge in [-0.05, 0) is 29.9 Å². The zero-order chi connectivity index (χ0) is 27.2. The monoisotopic (exact) mass is 533 g/mol. The number of carbonyl (C=O) groups is 3. The maximum Gasteiger partial charge on any atom is 0.326 e. The van der Waals surface area contributed by atoms with Crippen LogP contribution < -0.4 is 16.4 Å². The Labute approximate surface area is 222 Å². The summed E-state index contributed by atoms with van der Waals surface area (Å²) in [4.78, 5) is 44.6. The summed E-state index contributed by atoms with van der Waals surface area (Å²) in [5.41, 5.74) is 7.67. The molecule has 4 unspecified atom stereocenters. The van der Waals surface area contributed by atoms with Crippen LogP contribution in [-0.4, -0.2) is 75.7 Å². The van der Waals surface area contributed by atoms with Crippen molar-refractivity contribution < 1.29 is 24.2 Å². The lowest BCUT2D eigenvalue weighted by Crippen LogP contribution is -2.52. The van der Waals surface area contributed by atoms with Gasteiger partial charge in [0.05, 0.1) is 30.7 Å². The molecule has 2 amide bonds. The molecule has 0 saturated heterocycles. The summed E-state index contributed by atoms with van der Waals surface area (Å²) in [6.45, 7) is 4.07. The van der Waals surface area contributed by atoms with Crippen molar-refractivity contribution in [2.24, 2.45) is 11.7 Å². The predicted octanol–water partition coefficient (Wildman–Crippen LogP) is 1.76. The van der Waals surface area contributed by atoms with Crippen LogP contribution in [0.2, 0.25) is 0 Å². The Morgan fingerprint density at radius 1 is 1.16 bits per heavy atom. The van der Waals surface area contributed by atoms with Gasteiger partial charge in [0.1, 0.15) is 12.1 Å². The van der Waals surface area contributed by atoms with Gasteiger partial charge < -0.3 is 31.2 Å². The minimum Gasteiger partial charge on any atom is -0.480 e. The second-order valence-corrected chi connectivity index (χ2v) is 10.0. The van der Waals surface area contributed by atoms with E-state index in [1.54, 1.807) is 6.20 Å². The van der Waals surface area contributed by atoms with Crippen molar-refractivity contribution in [2.75, 3.05) is 18.6 Å². The second-order valence-electron chi connectivity index (χ2n) is 9.06. The number of benzene rings is 1. The van der Waals surface area contributed by atoms with Crippen LogP contribution in [0.3, 0.4) is 0 Å². The van der Waals surface area contributed by atoms with E-state index in [4.69, 9.17) is 10.5 Å². The van der Waals surface area contributed by atoms with E-state index in [0.29, 0.717) is 17.9 Å². The van der Waals surface area contributed by atoms with Gasteiger partial charge in [0, 0.05) is 19.0 Å². The molecule has 10 nitrogen and oxygen atoms in total. The molecule has 1 heterocycles. The van der Waals surface area contributed by atoms with Crippen LogP contribution in [0, 0.1) is 5.92 Å². The molecule has 1 aromatic heterocycles. The van der Waals surface area contributed by atoms with E-state index in [1.807, 2.05) is 50.4 Å². The molecule has 5 atom stereocenters. The minimum atomic E-state index is -1.09. The molecular weight excluding hydrogens is 494 g/mol. The Balaban J connectivity index is 2.11. The number of carboxylic acids is 1. The van der Waals surface area contributed by atoms with Gasteiger partial charge in [-0.2, -0.15) is 11.8 Å². The Hall–Kier alpha value is -2.89. The first-order valence-electron chi connectivity index (χ1n) is 12.5. The van der Waals surface area contributed by atoms with Gasteiger partial charge in [-0.3, -0.25) is 9.59 Å². The number of ether oxygens (including phenoxy) is 1. The quantitative estimate of drug-likeness (QED) is 0.206. The fourth-order valence-electron chi connectivity index (χ4n) is 3.68. The highest BCUT2D eigenvalue weighted by Crippen LogP contribution is 2.13. The number of aliphatic carboxylic acids is 1. The van der Waals surface area contributed by atoms with E-state index in [2.05, 4.69) is 20.6 Å². The highest BCUT2D eigenvalue weighted by Gasteiger charge is 2.29. The smallest absolute Gasteiger partial charge is 0.326 e. The number of carboxylic acid groups (broad SMARTS) is 1. The summed E-state index contributed by atoms with van der Waals surface area (Å²) >= 11 is 1.51. The van der Waals surface area contributed by atoms with Crippen LogP contribution in [-0.2, 0) is 32.0 Å². The number of rotatable bonds is 17. The largest absolute Gasteiger partial charge is 0.480 e. The molecule has 1 aromatic carbocycles. The zero-order valence-corrected chi connectivity index (χ0v) is 22.5. The fourth-order valence-corrected chi connectivity index (χ4v) is 4.15. The molecule has 0 fully saturated rings. The molecule has 0 spiro atoms. The standard InChI is InChI=1S/C26H39N5O5S/c1-4-17(2)22(31-24(32)20(27)13-19-14-28-16-29-19)15-36-23(12-18-8-6-5-7-9-18)25(33)30-21(26(34)35)10-11-37-3/h5-9,14,16-17,20-23H,4,10-13,15,27H2,1-3H3,(H,28,29)(H,30,33)(H,31,32)(H,34,35)/t17?,20-,21?,22?,23?/m0/s1. The number of aromatic amines is 1. The Kier molecular flexibility index (Phi) is 13.2. The number of H-pyrrole nitrogens is 1. The first-order chi connectivity index (χ1) is 17.7. The van der Waals surface area contributed by atoms with Crippen molar-refractivity contribution in [1.29, 1.82) is 0 Å². The number of carbonyl (C=O) groups excluding carboxylic acids is 2. The SMILES string of the molecule is CCC(C)C(COC(Cc1ccccc1)C(=O)NC(CCSC)C(=O)O)NC(=O)[C@@H](N)Cc1c[nH]cn1. The summed E-state index contributed by atoms with van der Waals surface area (Å²) in [5.74, 6) is -1.26. The van der Waals surface area contributed by atoms with Gasteiger partial charge >= 0.3 is 5.97 Å². The minimum absolute atomic E-state index is 0.0512. The molecule has 0 bridgehead atoms. The van der Waals surface area contributed by atoms with Crippen LogP contribution in [0.15, 0.2) is 42.9 Å². The summed E-state index contributed by atoms with van der Waals surface area (Å²) in [7, 11) is 0. The van der Waals surface area contributed by atoms with E-state index in [0.717, 1.165) is 12.0 Å². The summed E-state index contributed by atoms with van der Waals surface area (Å²) in [6.07, 6.45) is 5.80. The van der Waals surface area contributed by atoms with Gasteiger partial charge in [0.15, 0.2) is 0 Å². The van der Waals surface area contributed by atoms with Crippen molar-refractivity contribution in [2.45, 2.75) is 63.8 Å². The average molecular weight is 534 g/mol. The fraction of sp³-hybridized carbons (Fsp3) is 0.538. The zero-order valence-electron chi connectivity index (χ0n) is 21.7. The van der Waals surface area contributed by atoms with Gasteiger partial charge in [-0.1, -0.05) is 50.6 Å². The van der Waals surface area contributed by atoms with Crippen LogP contribution in [0.25, 0.3) is 0 Å². The molecule has 11 heteroatoms. The third kappa shape index (κ3) is 10.6. The topological polar surface area (TPSA) is 159 Å². The number of nitrogens with zero attached hydrogens (tertiary/aromatic N) is 1. The van der Waals surface area contributed by atoms with Crippen molar-refractivity contribution >= 4 is 29.5 Å². The van der Waals surface area contributed by atoms with Crippen LogP contribution in [0.4, 0.5) is 0 Å². The molecule has 2 rings (SSSR count). The molecule has 2 aromatic rings.